The van der Waals surface area contributed by atoms with Crippen LogP contribution in [0.15, 0.2) is 48.6 Å². The van der Waals surface area contributed by atoms with Crippen molar-refractivity contribution in [2.24, 2.45) is 0 Å². The lowest BCUT2D eigenvalue weighted by Gasteiger charge is -2.15. The lowest BCUT2D eigenvalue weighted by atomic mass is 10.0. The van der Waals surface area contributed by atoms with E-state index in [1.54, 1.807) is 0 Å². The van der Waals surface area contributed by atoms with E-state index < -0.39 is 6.10 Å². The molecule has 0 unspecified atom stereocenters. The highest BCUT2D eigenvalue weighted by molar-refractivity contribution is 5.70. The van der Waals surface area contributed by atoms with Crippen LogP contribution in [0, 0.1) is 0 Å². The predicted octanol–water partition coefficient (Wildman–Crippen LogP) is 13.4. The van der Waals surface area contributed by atoms with Gasteiger partial charge in [0.15, 0.2) is 6.10 Å². The van der Waals surface area contributed by atoms with Crippen molar-refractivity contribution in [3.63, 3.8) is 0 Å². The molecule has 0 aromatic heterocycles. The van der Waals surface area contributed by atoms with E-state index in [2.05, 4.69) is 62.5 Å². The first-order valence-corrected chi connectivity index (χ1v) is 21.2. The van der Waals surface area contributed by atoms with Crippen LogP contribution < -0.4 is 0 Å². The molecule has 0 heterocycles. The third-order valence-electron chi connectivity index (χ3n) is 9.13. The number of carbonyl (C=O) groups is 2. The Bertz CT molecular complexity index is 842. The van der Waals surface area contributed by atoms with Crippen LogP contribution in [0.4, 0.5) is 0 Å². The number of carbonyl (C=O) groups excluding carboxylic acids is 2. The van der Waals surface area contributed by atoms with Crippen molar-refractivity contribution < 1.29 is 24.2 Å². The van der Waals surface area contributed by atoms with Crippen LogP contribution in [-0.2, 0) is 19.1 Å². The number of unbranched alkanes of at least 4 members (excludes halogenated alkanes) is 22. The average molecular weight is 701 g/mol. The van der Waals surface area contributed by atoms with Crippen molar-refractivity contribution in [2.45, 2.75) is 213 Å². The second-order valence-electron chi connectivity index (χ2n) is 14.1. The Labute approximate surface area is 309 Å². The number of rotatable bonds is 38. The van der Waals surface area contributed by atoms with Crippen molar-refractivity contribution in [3.05, 3.63) is 48.6 Å². The largest absolute Gasteiger partial charge is 0.462 e. The molecule has 5 heteroatoms. The monoisotopic (exact) mass is 701 g/mol. The highest BCUT2D eigenvalue weighted by atomic mass is 16.6. The van der Waals surface area contributed by atoms with Gasteiger partial charge in [-0.1, -0.05) is 184 Å². The number of hydrogen-bond acceptors (Lipinski definition) is 5. The lowest BCUT2D eigenvalue weighted by molar-refractivity contribution is -0.161. The van der Waals surface area contributed by atoms with Crippen LogP contribution in [0.25, 0.3) is 0 Å². The van der Waals surface area contributed by atoms with Gasteiger partial charge in [0.05, 0.1) is 6.61 Å². The minimum Gasteiger partial charge on any atom is -0.462 e. The molecular weight excluding hydrogens is 620 g/mol. The molecule has 50 heavy (non-hydrogen) atoms. The molecular formula is C45H80O5. The highest BCUT2D eigenvalue weighted by Gasteiger charge is 2.16. The molecule has 1 atom stereocenters. The summed E-state index contributed by atoms with van der Waals surface area (Å²) in [6.45, 7) is 4.09. The molecule has 290 valence electrons. The van der Waals surface area contributed by atoms with Gasteiger partial charge in [0.2, 0.25) is 0 Å². The molecule has 0 rings (SSSR count). The third kappa shape index (κ3) is 38.7. The smallest absolute Gasteiger partial charge is 0.306 e. The number of aliphatic hydroxyl groups is 1. The second-order valence-corrected chi connectivity index (χ2v) is 14.1. The van der Waals surface area contributed by atoms with Gasteiger partial charge in [0, 0.05) is 12.8 Å². The van der Waals surface area contributed by atoms with Gasteiger partial charge in [-0.25, -0.2) is 0 Å². The summed E-state index contributed by atoms with van der Waals surface area (Å²) >= 11 is 0. The predicted molar refractivity (Wildman–Crippen MR) is 214 cm³/mol. The Balaban J connectivity index is 3.60. The summed E-state index contributed by atoms with van der Waals surface area (Å²) in [5.74, 6) is -0.622. The molecule has 1 N–H and O–H groups in total. The average Bonchev–Trinajstić information content (AvgIpc) is 3.12. The minimum absolute atomic E-state index is 0.0773. The topological polar surface area (TPSA) is 72.8 Å². The van der Waals surface area contributed by atoms with Gasteiger partial charge in [0.25, 0.3) is 0 Å². The van der Waals surface area contributed by atoms with Crippen LogP contribution in [0.1, 0.15) is 206 Å². The Kier molecular flexibility index (Phi) is 39.5. The molecule has 0 aromatic rings. The highest BCUT2D eigenvalue weighted by Crippen LogP contribution is 2.15. The van der Waals surface area contributed by atoms with Crippen LogP contribution in [0.5, 0.6) is 0 Å². The summed E-state index contributed by atoms with van der Waals surface area (Å²) in [5, 5.41) is 9.57. The van der Waals surface area contributed by atoms with Gasteiger partial charge >= 0.3 is 11.9 Å². The summed E-state index contributed by atoms with van der Waals surface area (Å²) in [6.07, 6.45) is 51.7. The van der Waals surface area contributed by atoms with E-state index in [9.17, 15) is 14.7 Å². The summed E-state index contributed by atoms with van der Waals surface area (Å²) in [5.41, 5.74) is 0. The van der Waals surface area contributed by atoms with E-state index in [1.807, 2.05) is 0 Å². The molecule has 0 aromatic carbocycles. The summed E-state index contributed by atoms with van der Waals surface area (Å²) in [7, 11) is 0. The van der Waals surface area contributed by atoms with Crippen LogP contribution in [0.2, 0.25) is 0 Å². The Hall–Kier alpha value is -2.14. The first-order chi connectivity index (χ1) is 24.6. The standard InChI is InChI=1S/C45H80O5/c1-3-5-7-9-11-13-15-17-19-21-22-24-26-28-30-32-34-36-38-40-45(48)50-43(41-46)42-49-44(47)39-37-35-33-31-29-27-25-23-20-18-16-14-12-10-8-6-4-2/h11,13,17,19,22,24,28,30,43,46H,3-10,12,14-16,18,20-21,23,25-27,29,31-42H2,1-2H3/b13-11+,19-17+,24-22+,30-28+/t43-/m0/s1. The van der Waals surface area contributed by atoms with Gasteiger partial charge in [0.1, 0.15) is 6.61 Å². The molecule has 0 aliphatic heterocycles. The number of allylic oxidation sites excluding steroid dienone is 8. The molecule has 0 spiro atoms. The third-order valence-corrected chi connectivity index (χ3v) is 9.13. The maximum atomic E-state index is 12.2. The van der Waals surface area contributed by atoms with Crippen LogP contribution in [-0.4, -0.2) is 36.4 Å². The SMILES string of the molecule is CCCCC/C=C/C/C=C/C/C=C/C/C=C/CCCCCC(=O)O[C@@H](CO)COC(=O)CCCCCCCCCCCCCCCCCCC. The zero-order valence-electron chi connectivity index (χ0n) is 32.9. The fourth-order valence-corrected chi connectivity index (χ4v) is 5.89. The molecule has 0 amide bonds. The van der Waals surface area contributed by atoms with Gasteiger partial charge in [-0.3, -0.25) is 9.59 Å². The maximum absolute atomic E-state index is 12.2. The first kappa shape index (κ1) is 47.9. The quantitative estimate of drug-likeness (QED) is 0.0394. The van der Waals surface area contributed by atoms with E-state index in [4.69, 9.17) is 9.47 Å². The molecule has 5 nitrogen and oxygen atoms in total. The number of hydrogen-bond donors (Lipinski definition) is 1. The fraction of sp³-hybridized carbons (Fsp3) is 0.778. The molecule has 0 saturated heterocycles. The molecule has 0 fully saturated rings. The van der Waals surface area contributed by atoms with Crippen molar-refractivity contribution >= 4 is 11.9 Å². The maximum Gasteiger partial charge on any atom is 0.306 e. The second kappa shape index (κ2) is 41.3. The number of ether oxygens (including phenoxy) is 2. The van der Waals surface area contributed by atoms with E-state index in [0.29, 0.717) is 12.8 Å². The lowest BCUT2D eigenvalue weighted by Crippen LogP contribution is -2.28. The van der Waals surface area contributed by atoms with E-state index in [0.717, 1.165) is 64.2 Å². The number of aliphatic hydroxyl groups excluding tert-OH is 1. The fourth-order valence-electron chi connectivity index (χ4n) is 5.89. The van der Waals surface area contributed by atoms with Gasteiger partial charge in [-0.15, -0.1) is 0 Å². The van der Waals surface area contributed by atoms with Crippen LogP contribution in [0.3, 0.4) is 0 Å². The summed E-state index contributed by atoms with van der Waals surface area (Å²) in [4.78, 5) is 24.3. The normalized spacial score (nSPS) is 12.6. The van der Waals surface area contributed by atoms with Crippen molar-refractivity contribution in [1.29, 1.82) is 0 Å². The van der Waals surface area contributed by atoms with E-state index in [1.165, 1.54) is 116 Å². The van der Waals surface area contributed by atoms with Gasteiger partial charge in [-0.05, 0) is 57.8 Å². The molecule has 0 radical (unpaired) electrons. The molecule has 0 saturated carbocycles. The van der Waals surface area contributed by atoms with Crippen molar-refractivity contribution in [1.82, 2.24) is 0 Å². The summed E-state index contributed by atoms with van der Waals surface area (Å²) < 4.78 is 10.6. The zero-order valence-corrected chi connectivity index (χ0v) is 32.9. The van der Waals surface area contributed by atoms with E-state index >= 15 is 0 Å². The van der Waals surface area contributed by atoms with Gasteiger partial charge in [-0.2, -0.15) is 0 Å². The zero-order chi connectivity index (χ0) is 36.4. The Morgan fingerprint density at radius 3 is 1.24 bits per heavy atom. The molecule has 0 bridgehead atoms. The van der Waals surface area contributed by atoms with E-state index in [-0.39, 0.29) is 25.2 Å². The number of esters is 2. The van der Waals surface area contributed by atoms with Crippen molar-refractivity contribution in [3.8, 4) is 0 Å². The Morgan fingerprint density at radius 2 is 0.800 bits per heavy atom. The van der Waals surface area contributed by atoms with Crippen molar-refractivity contribution in [2.75, 3.05) is 13.2 Å². The first-order valence-electron chi connectivity index (χ1n) is 21.2. The molecule has 0 aliphatic rings. The van der Waals surface area contributed by atoms with Gasteiger partial charge < -0.3 is 14.6 Å². The molecule has 0 aliphatic carbocycles. The Morgan fingerprint density at radius 1 is 0.460 bits per heavy atom. The summed E-state index contributed by atoms with van der Waals surface area (Å²) in [6, 6.07) is 0. The van der Waals surface area contributed by atoms with Crippen LogP contribution >= 0.6 is 0 Å². The minimum atomic E-state index is -0.786.